The molecule has 12 aromatic carbocycles. The summed E-state index contributed by atoms with van der Waals surface area (Å²) in [6.45, 7) is 17.6. The molecule has 5 fully saturated rings. The summed E-state index contributed by atoms with van der Waals surface area (Å²) in [5, 5.41) is 7.56. The van der Waals surface area contributed by atoms with Crippen LogP contribution in [-0.2, 0) is 42.3 Å². The van der Waals surface area contributed by atoms with Gasteiger partial charge >= 0.3 is 0 Å². The maximum Gasteiger partial charge on any atom is 0.287 e. The minimum absolute atomic E-state index is 0.530. The Bertz CT molecular complexity index is 7300. The molecule has 12 heteroatoms. The fraction of sp³-hybridized carbons (Fsp3) is 0.323. The number of fused-ring (bicyclic) bond motifs is 6. The van der Waals surface area contributed by atoms with Gasteiger partial charge in [-0.15, -0.1) is 0 Å². The van der Waals surface area contributed by atoms with Crippen molar-refractivity contribution in [1.29, 1.82) is 0 Å². The van der Waals surface area contributed by atoms with Crippen molar-refractivity contribution in [3.05, 3.63) is 360 Å². The van der Waals surface area contributed by atoms with E-state index in [2.05, 4.69) is 389 Å². The second kappa shape index (κ2) is 42.3. The molecule has 0 N–H and O–H groups in total. The molecule has 0 aliphatic heterocycles. The lowest BCUT2D eigenvalue weighted by atomic mass is 9.90. The largest absolute Gasteiger partial charge is 0.287 e. The summed E-state index contributed by atoms with van der Waals surface area (Å²) in [6, 6.07) is 92.2. The van der Waals surface area contributed by atoms with Gasteiger partial charge in [0.15, 0.2) is 33.1 Å². The van der Waals surface area contributed by atoms with E-state index in [9.17, 15) is 0 Å². The van der Waals surface area contributed by atoms with Gasteiger partial charge in [0.05, 0.1) is 74.6 Å². The van der Waals surface area contributed by atoms with Crippen LogP contribution in [0, 0.1) is 41.5 Å². The van der Waals surface area contributed by atoms with Crippen LogP contribution in [0.2, 0.25) is 0 Å². The van der Waals surface area contributed by atoms with Gasteiger partial charge in [-0.2, -0.15) is 0 Å². The van der Waals surface area contributed by atoms with E-state index in [4.69, 9.17) is 15.0 Å². The molecular formula is C124H136N12+6. The van der Waals surface area contributed by atoms with Crippen LogP contribution in [0.1, 0.15) is 245 Å². The van der Waals surface area contributed by atoms with Crippen LogP contribution in [-0.4, -0.2) is 29.9 Å². The van der Waals surface area contributed by atoms with Gasteiger partial charge in [-0.25, -0.2) is 27.4 Å². The molecule has 0 amide bonds. The molecule has 136 heavy (non-hydrogen) atoms. The second-order valence-corrected chi connectivity index (χ2v) is 39.8. The summed E-state index contributed by atoms with van der Waals surface area (Å²) in [6.07, 6.45) is 38.5. The third-order valence-electron chi connectivity index (χ3n) is 30.2. The highest BCUT2D eigenvalue weighted by molar-refractivity contribution is 5.98. The smallest absolute Gasteiger partial charge is 0.232 e. The first kappa shape index (κ1) is 93.1. The summed E-state index contributed by atoms with van der Waals surface area (Å²) in [4.78, 5) is 27.9. The van der Waals surface area contributed by atoms with Crippen molar-refractivity contribution in [2.45, 2.75) is 219 Å². The van der Waals surface area contributed by atoms with Gasteiger partial charge in [-0.3, -0.25) is 0 Å². The highest BCUT2D eigenvalue weighted by Gasteiger charge is 2.31. The lowest BCUT2D eigenvalue weighted by Crippen LogP contribution is -2.32. The summed E-state index contributed by atoms with van der Waals surface area (Å²) >= 11 is 0. The van der Waals surface area contributed by atoms with E-state index in [-0.39, 0.29) is 0 Å². The highest BCUT2D eigenvalue weighted by Crippen LogP contribution is 2.45. The Morgan fingerprint density at radius 1 is 0.228 bits per heavy atom. The van der Waals surface area contributed by atoms with E-state index in [0.29, 0.717) is 17.8 Å². The summed E-state index contributed by atoms with van der Waals surface area (Å²) in [5.74, 6) is 4.11. The molecule has 0 atom stereocenters. The second-order valence-electron chi connectivity index (χ2n) is 39.8. The van der Waals surface area contributed by atoms with E-state index in [1.807, 2.05) is 44.0 Å². The van der Waals surface area contributed by atoms with Gasteiger partial charge in [0.2, 0.25) is 0 Å². The van der Waals surface area contributed by atoms with Crippen LogP contribution in [0.15, 0.2) is 293 Å². The first-order chi connectivity index (χ1) is 66.3. The minimum Gasteiger partial charge on any atom is -0.232 e. The maximum absolute atomic E-state index is 4.80. The molecule has 0 saturated heterocycles. The number of benzene rings is 12. The molecule has 23 rings (SSSR count). The van der Waals surface area contributed by atoms with Crippen molar-refractivity contribution >= 4 is 65.4 Å². The summed E-state index contributed by atoms with van der Waals surface area (Å²) in [7, 11) is 12.5. The fourth-order valence-corrected chi connectivity index (χ4v) is 22.7. The number of aromatic nitrogens is 12. The Hall–Kier alpha value is -13.3. The first-order valence-corrected chi connectivity index (χ1v) is 50.3. The Labute approximate surface area is 806 Å². The Morgan fingerprint density at radius 2 is 0.537 bits per heavy atom. The van der Waals surface area contributed by atoms with Crippen LogP contribution in [0.3, 0.4) is 0 Å². The topological polar surface area (TPSA) is 101 Å². The van der Waals surface area contributed by atoms with Crippen molar-refractivity contribution in [3.8, 4) is 67.5 Å². The molecule has 12 nitrogen and oxygen atoms in total. The fourth-order valence-electron chi connectivity index (χ4n) is 22.7. The predicted molar refractivity (Wildman–Crippen MR) is 559 cm³/mol. The molecule has 5 aliphatic rings. The molecule has 686 valence electrons. The quantitative estimate of drug-likeness (QED) is 0.113. The summed E-state index contributed by atoms with van der Waals surface area (Å²) < 4.78 is 12.9. The highest BCUT2D eigenvalue weighted by atomic mass is 15.0. The number of para-hydroxylation sites is 3. The van der Waals surface area contributed by atoms with Crippen molar-refractivity contribution in [2.75, 3.05) is 0 Å². The normalized spacial score (nSPS) is 14.8. The molecule has 0 spiro atoms. The molecule has 18 aromatic rings. The number of rotatable bonds is 12. The Balaban J connectivity index is 0.000000109. The van der Waals surface area contributed by atoms with Crippen molar-refractivity contribution in [2.24, 2.45) is 42.3 Å². The number of hydrogen-bond acceptors (Lipinski definition) is 6. The third-order valence-corrected chi connectivity index (χ3v) is 30.2. The minimum atomic E-state index is 0.530. The van der Waals surface area contributed by atoms with Crippen molar-refractivity contribution < 1.29 is 27.4 Å². The lowest BCUT2D eigenvalue weighted by Gasteiger charge is -2.15. The van der Waals surface area contributed by atoms with Gasteiger partial charge in [0.1, 0.15) is 34.2 Å². The van der Waals surface area contributed by atoms with Crippen LogP contribution in [0.25, 0.3) is 133 Å². The SMILES string of the molecule is Cc1ccc(C(C)C)cc1-c1c2ccccc2nc[n+]1C.Cc1ccc(C2CCCC2)cc1-c1c2ccccc2nc[n+]1C.Cc1ccccc1-c1c2c(C3CCCC3)cccc2nc[n+]1C.Cc1ccccc1-c1c2cc(C3CCCC3)ccc2nc[n+]1C.Cc1ccccc1-c1c2ccc(C3CCCC3)cc2nc[n+]1C.Cc1ccccc1-c1c2cccc(C3CCCC3)c2nc[n+]1C. The van der Waals surface area contributed by atoms with Crippen LogP contribution < -0.4 is 27.4 Å². The molecule has 5 aliphatic carbocycles. The Kier molecular flexibility index (Phi) is 29.0. The number of nitrogens with zero attached hydrogens (tertiary/aromatic N) is 12. The average Bonchev–Trinajstić information content (AvgIpc) is 1.02. The zero-order valence-electron chi connectivity index (χ0n) is 82.7. The molecule has 6 heterocycles. The number of hydrogen-bond donors (Lipinski definition) is 0. The monoisotopic (exact) mass is 1790 g/mol. The van der Waals surface area contributed by atoms with Gasteiger partial charge in [-0.1, -0.05) is 260 Å². The van der Waals surface area contributed by atoms with Crippen LogP contribution in [0.5, 0.6) is 0 Å². The molecule has 0 bridgehead atoms. The van der Waals surface area contributed by atoms with Gasteiger partial charge in [-0.05, 0) is 305 Å². The van der Waals surface area contributed by atoms with Crippen LogP contribution in [0.4, 0.5) is 0 Å². The maximum atomic E-state index is 4.80. The molecule has 0 radical (unpaired) electrons. The first-order valence-electron chi connectivity index (χ1n) is 50.3. The van der Waals surface area contributed by atoms with E-state index in [1.54, 1.807) is 0 Å². The average molecular weight is 1790 g/mol. The van der Waals surface area contributed by atoms with Gasteiger partial charge in [0, 0.05) is 38.9 Å². The zero-order valence-corrected chi connectivity index (χ0v) is 82.7. The number of aryl methyl sites for hydroxylation is 12. The zero-order chi connectivity index (χ0) is 94.0. The van der Waals surface area contributed by atoms with Gasteiger partial charge < -0.3 is 0 Å². The summed E-state index contributed by atoms with van der Waals surface area (Å²) in [5.41, 5.74) is 38.7. The van der Waals surface area contributed by atoms with Crippen molar-refractivity contribution in [1.82, 2.24) is 29.9 Å². The Morgan fingerprint density at radius 3 is 1.02 bits per heavy atom. The van der Waals surface area contributed by atoms with Crippen LogP contribution >= 0.6 is 0 Å². The molecule has 5 saturated carbocycles. The van der Waals surface area contributed by atoms with E-state index in [1.165, 1.54) is 301 Å². The molecule has 0 unspecified atom stereocenters. The van der Waals surface area contributed by atoms with E-state index >= 15 is 0 Å². The van der Waals surface area contributed by atoms with Crippen molar-refractivity contribution in [3.63, 3.8) is 0 Å². The van der Waals surface area contributed by atoms with Gasteiger partial charge in [0.25, 0.3) is 38.0 Å². The van der Waals surface area contributed by atoms with E-state index < -0.39 is 0 Å². The standard InChI is InChI=1S/5C21H23N2.C19H21N2/c1-15-8-3-6-11-17(15)21-20-18(16-9-4-5-10-16)12-7-13-19(20)22-14-23(21)2;1-15-8-3-6-11-17(15)21-19-13-7-12-18(16-9-4-5-10-16)20(19)22-14-23(21)2;1-15-7-3-6-10-18(15)21-19-13-17(16-8-4-5-9-16)11-12-20(19)22-14-23(21)2;1-15-7-3-6-10-18(15)21-19-12-11-17(16-8-4-5-9-16)13-20(19)22-14-23(21)2;1-15-11-12-17(16-7-3-4-8-16)13-19(15)21-18-9-5-6-10-20(18)22-14-23(21)2;1-13(2)15-10-9-14(3)17(11-15)19-16-7-5-6-8-18(16)20-12-21(19)4/h2*3,6-8,11-14,16H,4-5,9-10H2,1-2H3;2*3,6-7,10-14,16H,4-5,8-9H2,1-2H3;5-6,9-14,16H,3-4,7-8H2,1-2H3;5-13H,1-4H3/q6*+1. The third kappa shape index (κ3) is 20.0. The lowest BCUT2D eigenvalue weighted by molar-refractivity contribution is -0.662. The molecule has 6 aromatic heterocycles. The molecular weight excluding hydrogens is 1660 g/mol. The predicted octanol–water partition coefficient (Wildman–Crippen LogP) is 27.6. The van der Waals surface area contributed by atoms with E-state index in [0.717, 1.165) is 45.3 Å².